The second kappa shape index (κ2) is 4.59. The van der Waals surface area contributed by atoms with Crippen LogP contribution in [0.1, 0.15) is 42.9 Å². The second-order valence-electron chi connectivity index (χ2n) is 6.02. The summed E-state index contributed by atoms with van der Waals surface area (Å²) in [5.41, 5.74) is 3.84. The number of rotatable bonds is 1. The molecule has 20 heavy (non-hydrogen) atoms. The van der Waals surface area contributed by atoms with Crippen LogP contribution < -0.4 is 0 Å². The number of hydrogen-bond acceptors (Lipinski definition) is 1. The molecule has 0 atom stereocenters. The Bertz CT molecular complexity index is 782. The van der Waals surface area contributed by atoms with Gasteiger partial charge < -0.3 is 0 Å². The number of pyridine rings is 1. The van der Waals surface area contributed by atoms with E-state index in [0.29, 0.717) is 0 Å². The SMILES string of the molecule is Cc1cc(C2CCCC2)c2c(ccc3ccccc32)n1. The summed E-state index contributed by atoms with van der Waals surface area (Å²) in [7, 11) is 0. The van der Waals surface area contributed by atoms with Crippen molar-refractivity contribution in [1.82, 2.24) is 4.98 Å². The third kappa shape index (κ3) is 1.81. The molecule has 0 radical (unpaired) electrons. The molecule has 1 nitrogen and oxygen atoms in total. The largest absolute Gasteiger partial charge is 0.253 e. The third-order valence-electron chi connectivity index (χ3n) is 4.65. The number of nitrogens with zero attached hydrogens (tertiary/aromatic N) is 1. The van der Waals surface area contributed by atoms with Crippen molar-refractivity contribution in [1.29, 1.82) is 0 Å². The molecule has 4 rings (SSSR count). The summed E-state index contributed by atoms with van der Waals surface area (Å²) < 4.78 is 0. The Morgan fingerprint density at radius 2 is 1.80 bits per heavy atom. The molecular weight excluding hydrogens is 242 g/mol. The molecule has 1 aliphatic carbocycles. The van der Waals surface area contributed by atoms with Crippen LogP contribution in [0.5, 0.6) is 0 Å². The zero-order valence-corrected chi connectivity index (χ0v) is 11.9. The highest BCUT2D eigenvalue weighted by Gasteiger charge is 2.20. The van der Waals surface area contributed by atoms with E-state index in [2.05, 4.69) is 49.4 Å². The number of fused-ring (bicyclic) bond motifs is 3. The number of aromatic nitrogens is 1. The van der Waals surface area contributed by atoms with E-state index in [9.17, 15) is 0 Å². The fraction of sp³-hybridized carbons (Fsp3) is 0.316. The summed E-state index contributed by atoms with van der Waals surface area (Å²) in [6.45, 7) is 2.12. The topological polar surface area (TPSA) is 12.9 Å². The van der Waals surface area contributed by atoms with Gasteiger partial charge in [-0.05, 0) is 54.2 Å². The molecule has 1 fully saturated rings. The van der Waals surface area contributed by atoms with Crippen molar-refractivity contribution >= 4 is 21.7 Å². The van der Waals surface area contributed by atoms with Gasteiger partial charge in [-0.2, -0.15) is 0 Å². The van der Waals surface area contributed by atoms with Crippen molar-refractivity contribution in [2.75, 3.05) is 0 Å². The van der Waals surface area contributed by atoms with Gasteiger partial charge in [0.2, 0.25) is 0 Å². The van der Waals surface area contributed by atoms with E-state index in [-0.39, 0.29) is 0 Å². The molecule has 0 amide bonds. The van der Waals surface area contributed by atoms with Crippen LogP contribution in [-0.2, 0) is 0 Å². The normalized spacial score (nSPS) is 16.2. The Morgan fingerprint density at radius 3 is 2.65 bits per heavy atom. The van der Waals surface area contributed by atoms with E-state index in [1.807, 2.05) is 0 Å². The highest BCUT2D eigenvalue weighted by atomic mass is 14.7. The lowest BCUT2D eigenvalue weighted by atomic mass is 9.91. The summed E-state index contributed by atoms with van der Waals surface area (Å²) >= 11 is 0. The maximum Gasteiger partial charge on any atom is 0.0714 e. The minimum Gasteiger partial charge on any atom is -0.253 e. The van der Waals surface area contributed by atoms with Crippen LogP contribution in [0.3, 0.4) is 0 Å². The molecule has 0 spiro atoms. The van der Waals surface area contributed by atoms with Gasteiger partial charge in [0.05, 0.1) is 5.52 Å². The van der Waals surface area contributed by atoms with Gasteiger partial charge in [0, 0.05) is 11.1 Å². The average Bonchev–Trinajstić information content (AvgIpc) is 3.00. The Morgan fingerprint density at radius 1 is 1.00 bits per heavy atom. The molecule has 0 N–H and O–H groups in total. The minimum absolute atomic E-state index is 0.727. The molecule has 1 aromatic heterocycles. The molecule has 1 saturated carbocycles. The van der Waals surface area contributed by atoms with Crippen LogP contribution in [0.15, 0.2) is 42.5 Å². The first kappa shape index (κ1) is 11.9. The van der Waals surface area contributed by atoms with Crippen molar-refractivity contribution in [3.05, 3.63) is 53.7 Å². The summed E-state index contributed by atoms with van der Waals surface area (Å²) in [6, 6.07) is 15.4. The summed E-state index contributed by atoms with van der Waals surface area (Å²) in [4.78, 5) is 4.76. The highest BCUT2D eigenvalue weighted by Crippen LogP contribution is 2.39. The number of benzene rings is 2. The lowest BCUT2D eigenvalue weighted by Crippen LogP contribution is -1.98. The van der Waals surface area contributed by atoms with Crippen molar-refractivity contribution in [3.63, 3.8) is 0 Å². The van der Waals surface area contributed by atoms with E-state index in [1.165, 1.54) is 47.4 Å². The Balaban J connectivity index is 2.11. The van der Waals surface area contributed by atoms with Gasteiger partial charge in [0.25, 0.3) is 0 Å². The molecule has 100 valence electrons. The summed E-state index contributed by atoms with van der Waals surface area (Å²) in [5, 5.41) is 4.07. The molecule has 1 aliphatic rings. The fourth-order valence-electron chi connectivity index (χ4n) is 3.73. The van der Waals surface area contributed by atoms with Gasteiger partial charge in [-0.25, -0.2) is 0 Å². The Hall–Kier alpha value is -1.89. The minimum atomic E-state index is 0.727. The van der Waals surface area contributed by atoms with Crippen LogP contribution in [0, 0.1) is 6.92 Å². The average molecular weight is 261 g/mol. The Labute approximate surface area is 119 Å². The van der Waals surface area contributed by atoms with Crippen LogP contribution in [0.4, 0.5) is 0 Å². The molecule has 3 aromatic rings. The van der Waals surface area contributed by atoms with Gasteiger partial charge in [0.1, 0.15) is 0 Å². The lowest BCUT2D eigenvalue weighted by Gasteiger charge is -2.15. The van der Waals surface area contributed by atoms with E-state index < -0.39 is 0 Å². The van der Waals surface area contributed by atoms with Crippen molar-refractivity contribution in [3.8, 4) is 0 Å². The zero-order valence-electron chi connectivity index (χ0n) is 11.9. The molecule has 2 aromatic carbocycles. The summed E-state index contributed by atoms with van der Waals surface area (Å²) in [6.07, 6.45) is 5.42. The van der Waals surface area contributed by atoms with E-state index >= 15 is 0 Å². The predicted molar refractivity (Wildman–Crippen MR) is 85.2 cm³/mol. The molecule has 0 bridgehead atoms. The van der Waals surface area contributed by atoms with Crippen molar-refractivity contribution in [2.24, 2.45) is 0 Å². The standard InChI is InChI=1S/C19H19N/c1-13-12-17(14-6-2-3-7-14)19-16-9-5-4-8-15(16)10-11-18(19)20-13/h4-5,8-12,14H,2-3,6-7H2,1H3. The second-order valence-corrected chi connectivity index (χ2v) is 6.02. The molecular formula is C19H19N. The maximum atomic E-state index is 4.76. The van der Waals surface area contributed by atoms with E-state index in [4.69, 9.17) is 4.98 Å². The molecule has 0 saturated heterocycles. The van der Waals surface area contributed by atoms with Crippen LogP contribution in [0.2, 0.25) is 0 Å². The number of hydrogen-bond donors (Lipinski definition) is 0. The molecule has 0 unspecified atom stereocenters. The van der Waals surface area contributed by atoms with Gasteiger partial charge in [-0.3, -0.25) is 4.98 Å². The van der Waals surface area contributed by atoms with Crippen LogP contribution >= 0.6 is 0 Å². The van der Waals surface area contributed by atoms with Gasteiger partial charge in [-0.1, -0.05) is 43.2 Å². The maximum absolute atomic E-state index is 4.76. The third-order valence-corrected chi connectivity index (χ3v) is 4.65. The van der Waals surface area contributed by atoms with Crippen molar-refractivity contribution in [2.45, 2.75) is 38.5 Å². The Kier molecular flexibility index (Phi) is 2.73. The van der Waals surface area contributed by atoms with Crippen LogP contribution in [0.25, 0.3) is 21.7 Å². The first-order valence-corrected chi connectivity index (χ1v) is 7.62. The predicted octanol–water partition coefficient (Wildman–Crippen LogP) is 5.35. The van der Waals surface area contributed by atoms with E-state index in [1.54, 1.807) is 0 Å². The van der Waals surface area contributed by atoms with E-state index in [0.717, 1.165) is 17.1 Å². The number of aryl methyl sites for hydroxylation is 1. The lowest BCUT2D eigenvalue weighted by molar-refractivity contribution is 0.728. The fourth-order valence-corrected chi connectivity index (χ4v) is 3.73. The summed E-state index contributed by atoms with van der Waals surface area (Å²) in [5.74, 6) is 0.727. The zero-order chi connectivity index (χ0) is 13.5. The molecule has 1 heterocycles. The quantitative estimate of drug-likeness (QED) is 0.538. The van der Waals surface area contributed by atoms with Crippen LogP contribution in [-0.4, -0.2) is 4.98 Å². The van der Waals surface area contributed by atoms with Crippen molar-refractivity contribution < 1.29 is 0 Å². The monoisotopic (exact) mass is 261 g/mol. The first-order valence-electron chi connectivity index (χ1n) is 7.62. The highest BCUT2D eigenvalue weighted by molar-refractivity contribution is 6.08. The first-order chi connectivity index (χ1) is 9.83. The van der Waals surface area contributed by atoms with Gasteiger partial charge in [0.15, 0.2) is 0 Å². The van der Waals surface area contributed by atoms with Gasteiger partial charge in [-0.15, -0.1) is 0 Å². The van der Waals surface area contributed by atoms with Gasteiger partial charge >= 0.3 is 0 Å². The molecule has 0 aliphatic heterocycles. The smallest absolute Gasteiger partial charge is 0.0714 e. The molecule has 1 heteroatoms.